The third-order valence-corrected chi connectivity index (χ3v) is 14.7. The van der Waals surface area contributed by atoms with Crippen molar-refractivity contribution in [2.24, 2.45) is 52.3 Å². The summed E-state index contributed by atoms with van der Waals surface area (Å²) in [4.78, 5) is 0. The Morgan fingerprint density at radius 3 is 2.30 bits per heavy atom. The Bertz CT molecular complexity index is 949. The van der Waals surface area contributed by atoms with Crippen LogP contribution in [0.5, 0.6) is 0 Å². The maximum atomic E-state index is 12.4. The molecule has 16 atom stereocenters. The minimum Gasteiger partial charge on any atom is -0.394 e. The van der Waals surface area contributed by atoms with Crippen molar-refractivity contribution in [2.45, 2.75) is 160 Å². The molecule has 43 heavy (non-hydrogen) atoms. The van der Waals surface area contributed by atoms with Gasteiger partial charge in [0.05, 0.1) is 23.7 Å². The molecule has 5 N–H and O–H groups in total. The highest BCUT2D eigenvalue weighted by Crippen LogP contribution is 2.70. The van der Waals surface area contributed by atoms with E-state index in [9.17, 15) is 25.5 Å². The van der Waals surface area contributed by atoms with E-state index in [1.54, 1.807) is 0 Å². The summed E-state index contributed by atoms with van der Waals surface area (Å²) in [6.07, 6.45) is 4.49. The molecule has 0 bridgehead atoms. The fourth-order valence-corrected chi connectivity index (χ4v) is 11.9. The number of aliphatic hydroxyl groups excluding tert-OH is 4. The molecule has 8 heteroatoms. The minimum absolute atomic E-state index is 0.325. The van der Waals surface area contributed by atoms with Crippen molar-refractivity contribution in [1.29, 1.82) is 0 Å². The lowest BCUT2D eigenvalue weighted by Gasteiger charge is -2.65. The molecular formula is C35H61ClO7. The lowest BCUT2D eigenvalue weighted by atomic mass is 9.43. The monoisotopic (exact) mass is 628 g/mol. The van der Waals surface area contributed by atoms with Gasteiger partial charge in [-0.25, -0.2) is 0 Å². The molecule has 0 unspecified atom stereocenters. The standard InChI is InChI=1S/C35H61ClO7/c1-7-21(19(2)3)9-8-20(4)24-10-11-25-23-16-28(36)35(41)17-22(12-15-34(35,6)26(23)13-14-33(24,25)5)42-32-31(40)30(39)29(38)27(18-37)43-32/h19-32,37-41H,7-18H2,1-6H3/t20-,21-,22+,23+,24-,25-,26-,27+,28+,29+,30-,31+,32+,33-,34-,35-/m1/s1. The molecular weight excluding hydrogens is 568 g/mol. The Morgan fingerprint density at radius 1 is 0.930 bits per heavy atom. The molecule has 0 aromatic carbocycles. The maximum Gasteiger partial charge on any atom is 0.186 e. The van der Waals surface area contributed by atoms with Crippen LogP contribution in [0, 0.1) is 52.3 Å². The van der Waals surface area contributed by atoms with Crippen LogP contribution in [0.25, 0.3) is 0 Å². The predicted molar refractivity (Wildman–Crippen MR) is 167 cm³/mol. The second kappa shape index (κ2) is 12.9. The van der Waals surface area contributed by atoms with E-state index in [1.807, 2.05) is 0 Å². The summed E-state index contributed by atoms with van der Waals surface area (Å²) in [5.41, 5.74) is -1.10. The molecule has 0 aromatic heterocycles. The van der Waals surface area contributed by atoms with Gasteiger partial charge in [-0.3, -0.25) is 0 Å². The predicted octanol–water partition coefficient (Wildman–Crippen LogP) is 5.26. The van der Waals surface area contributed by atoms with Gasteiger partial charge in [0.15, 0.2) is 6.29 Å². The van der Waals surface area contributed by atoms with Crippen LogP contribution in [-0.4, -0.2) is 79.9 Å². The van der Waals surface area contributed by atoms with Gasteiger partial charge in [0.2, 0.25) is 0 Å². The van der Waals surface area contributed by atoms with Crippen molar-refractivity contribution in [1.82, 2.24) is 0 Å². The summed E-state index contributed by atoms with van der Waals surface area (Å²) in [5, 5.41) is 52.5. The van der Waals surface area contributed by atoms with Crippen molar-refractivity contribution in [3.63, 3.8) is 0 Å². The number of fused-ring (bicyclic) bond motifs is 5. The second-order valence-corrected chi connectivity index (χ2v) is 16.8. The first kappa shape index (κ1) is 34.3. The summed E-state index contributed by atoms with van der Waals surface area (Å²) in [6, 6.07) is 0. The molecule has 0 spiro atoms. The molecule has 4 saturated carbocycles. The fraction of sp³-hybridized carbons (Fsp3) is 1.00. The van der Waals surface area contributed by atoms with Crippen molar-refractivity contribution < 1.29 is 35.0 Å². The van der Waals surface area contributed by atoms with Crippen LogP contribution >= 0.6 is 11.6 Å². The van der Waals surface area contributed by atoms with Gasteiger partial charge in [0.25, 0.3) is 0 Å². The summed E-state index contributed by atoms with van der Waals surface area (Å²) in [5.74, 6) is 4.64. The molecule has 0 radical (unpaired) electrons. The lowest BCUT2D eigenvalue weighted by Crippen LogP contribution is -2.68. The first-order chi connectivity index (χ1) is 20.2. The normalized spacial score (nSPS) is 51.4. The number of alkyl halides is 1. The average molecular weight is 629 g/mol. The largest absolute Gasteiger partial charge is 0.394 e. The number of aliphatic hydroxyl groups is 5. The molecule has 5 rings (SSSR count). The van der Waals surface area contributed by atoms with Crippen LogP contribution in [0.4, 0.5) is 0 Å². The van der Waals surface area contributed by atoms with Gasteiger partial charge in [0.1, 0.15) is 24.4 Å². The van der Waals surface area contributed by atoms with E-state index in [-0.39, 0.29) is 5.41 Å². The first-order valence-electron chi connectivity index (χ1n) is 17.5. The van der Waals surface area contributed by atoms with E-state index >= 15 is 0 Å². The van der Waals surface area contributed by atoms with Gasteiger partial charge < -0.3 is 35.0 Å². The minimum atomic E-state index is -1.48. The van der Waals surface area contributed by atoms with Crippen LogP contribution in [0.2, 0.25) is 0 Å². The summed E-state index contributed by atoms with van der Waals surface area (Å²) in [7, 11) is 0. The first-order valence-corrected chi connectivity index (χ1v) is 18.0. The number of hydrogen-bond acceptors (Lipinski definition) is 7. The Kier molecular flexibility index (Phi) is 10.3. The van der Waals surface area contributed by atoms with Crippen molar-refractivity contribution >= 4 is 11.6 Å². The van der Waals surface area contributed by atoms with Gasteiger partial charge in [0, 0.05) is 11.8 Å². The molecule has 1 saturated heterocycles. The SMILES string of the molecule is CC[C@H](CC[C@@H](C)[C@H]1CC[C@@H]2[C@@H]3C[C@H](Cl)[C@]4(O)C[C@@H](O[C@H]5O[C@@H](CO)[C@H](O)[C@@H](O)[C@@H]5O)CC[C@]4(C)[C@@H]3CC[C@@]21C)C(C)C. The van der Waals surface area contributed by atoms with Crippen molar-refractivity contribution in [3.05, 3.63) is 0 Å². The van der Waals surface area contributed by atoms with Crippen LogP contribution in [0.1, 0.15) is 112 Å². The molecule has 7 nitrogen and oxygen atoms in total. The average Bonchev–Trinajstić information content (AvgIpc) is 3.32. The third kappa shape index (κ3) is 5.76. The van der Waals surface area contributed by atoms with Crippen molar-refractivity contribution in [3.8, 4) is 0 Å². The van der Waals surface area contributed by atoms with E-state index in [0.717, 1.165) is 42.9 Å². The van der Waals surface area contributed by atoms with Crippen LogP contribution in [0.15, 0.2) is 0 Å². The number of halogens is 1. The Labute approximate surface area is 265 Å². The zero-order valence-corrected chi connectivity index (χ0v) is 28.3. The number of ether oxygens (including phenoxy) is 2. The molecule has 4 aliphatic carbocycles. The van der Waals surface area contributed by atoms with Crippen molar-refractivity contribution in [2.75, 3.05) is 6.61 Å². The Morgan fingerprint density at radius 2 is 1.65 bits per heavy atom. The topological polar surface area (TPSA) is 120 Å². The molecule has 1 aliphatic heterocycles. The van der Waals surface area contributed by atoms with Gasteiger partial charge in [-0.2, -0.15) is 0 Å². The van der Waals surface area contributed by atoms with Crippen LogP contribution < -0.4 is 0 Å². The summed E-state index contributed by atoms with van der Waals surface area (Å²) >= 11 is 7.24. The zero-order valence-electron chi connectivity index (χ0n) is 27.5. The molecule has 0 aromatic rings. The van der Waals surface area contributed by atoms with Crippen LogP contribution in [0.3, 0.4) is 0 Å². The summed E-state index contributed by atoms with van der Waals surface area (Å²) in [6.45, 7) is 13.9. The van der Waals surface area contributed by atoms with E-state index < -0.39 is 54.4 Å². The highest BCUT2D eigenvalue weighted by molar-refractivity contribution is 6.21. The zero-order chi connectivity index (χ0) is 31.5. The van der Waals surface area contributed by atoms with Gasteiger partial charge in [-0.1, -0.05) is 54.4 Å². The molecule has 5 aliphatic rings. The van der Waals surface area contributed by atoms with Gasteiger partial charge in [-0.05, 0) is 98.2 Å². The van der Waals surface area contributed by atoms with E-state index in [1.165, 1.54) is 38.5 Å². The highest BCUT2D eigenvalue weighted by atomic mass is 35.5. The van der Waals surface area contributed by atoms with Gasteiger partial charge >= 0.3 is 0 Å². The summed E-state index contributed by atoms with van der Waals surface area (Å²) < 4.78 is 11.8. The molecule has 1 heterocycles. The van der Waals surface area contributed by atoms with E-state index in [0.29, 0.717) is 36.0 Å². The lowest BCUT2D eigenvalue weighted by molar-refractivity contribution is -0.322. The van der Waals surface area contributed by atoms with Gasteiger partial charge in [-0.15, -0.1) is 11.6 Å². The van der Waals surface area contributed by atoms with E-state index in [2.05, 4.69) is 41.5 Å². The quantitative estimate of drug-likeness (QED) is 0.175. The third-order valence-electron chi connectivity index (χ3n) is 14.2. The molecule has 250 valence electrons. The highest BCUT2D eigenvalue weighted by Gasteiger charge is 2.67. The molecule has 0 amide bonds. The second-order valence-electron chi connectivity index (χ2n) is 16.3. The Hall–Kier alpha value is 0.01000. The smallest absolute Gasteiger partial charge is 0.186 e. The number of rotatable bonds is 9. The van der Waals surface area contributed by atoms with E-state index in [4.69, 9.17) is 21.1 Å². The molecule has 5 fully saturated rings. The maximum absolute atomic E-state index is 12.4. The Balaban J connectivity index is 1.27. The fourth-order valence-electron chi connectivity index (χ4n) is 11.3. The van der Waals surface area contributed by atoms with Crippen LogP contribution in [-0.2, 0) is 9.47 Å². The number of hydrogen-bond donors (Lipinski definition) is 5.